The highest BCUT2D eigenvalue weighted by Gasteiger charge is 2.08. The molecule has 5 heteroatoms. The number of nitrogen functional groups attached to an aromatic ring is 1. The molecule has 3 heterocycles. The van der Waals surface area contributed by atoms with Gasteiger partial charge >= 0.3 is 0 Å². The average Bonchev–Trinajstić information content (AvgIpc) is 2.89. The van der Waals surface area contributed by atoms with E-state index in [1.165, 1.54) is 0 Å². The fourth-order valence-electron chi connectivity index (χ4n) is 2.40. The maximum Gasteiger partial charge on any atom is 0.221 e. The SMILES string of the molecule is Nc1ncc2c(-c3ccc4ncccc4c3)c[nH]c2n1. The molecule has 0 aliphatic heterocycles. The van der Waals surface area contributed by atoms with E-state index in [1.807, 2.05) is 24.4 Å². The van der Waals surface area contributed by atoms with Gasteiger partial charge in [0, 0.05) is 34.9 Å². The van der Waals surface area contributed by atoms with Crippen molar-refractivity contribution in [3.63, 3.8) is 0 Å². The van der Waals surface area contributed by atoms with Crippen molar-refractivity contribution >= 4 is 27.9 Å². The molecule has 0 fully saturated rings. The van der Waals surface area contributed by atoms with Crippen molar-refractivity contribution in [2.45, 2.75) is 0 Å². The van der Waals surface area contributed by atoms with Crippen molar-refractivity contribution in [2.75, 3.05) is 5.73 Å². The van der Waals surface area contributed by atoms with Gasteiger partial charge in [-0.25, -0.2) is 4.98 Å². The Hall–Kier alpha value is -2.95. The van der Waals surface area contributed by atoms with Gasteiger partial charge in [0.15, 0.2) is 0 Å². The van der Waals surface area contributed by atoms with Gasteiger partial charge in [0.1, 0.15) is 5.65 Å². The predicted octanol–water partition coefficient (Wildman–Crippen LogP) is 2.76. The molecule has 4 aromatic rings. The zero-order valence-corrected chi connectivity index (χ0v) is 10.5. The normalized spacial score (nSPS) is 11.2. The number of anilines is 1. The van der Waals surface area contributed by atoms with Crippen LogP contribution >= 0.6 is 0 Å². The predicted molar refractivity (Wildman–Crippen MR) is 79.0 cm³/mol. The summed E-state index contributed by atoms with van der Waals surface area (Å²) >= 11 is 0. The third kappa shape index (κ3) is 1.60. The Morgan fingerprint density at radius 2 is 2.05 bits per heavy atom. The van der Waals surface area contributed by atoms with E-state index in [9.17, 15) is 0 Å². The molecular formula is C15H11N5. The van der Waals surface area contributed by atoms with Crippen LogP contribution in [0.4, 0.5) is 5.95 Å². The molecule has 0 saturated carbocycles. The summed E-state index contributed by atoms with van der Waals surface area (Å²) in [6.07, 6.45) is 5.47. The van der Waals surface area contributed by atoms with Crippen LogP contribution in [0.3, 0.4) is 0 Å². The first-order valence-corrected chi connectivity index (χ1v) is 6.26. The number of nitrogens with one attached hydrogen (secondary N) is 1. The maximum atomic E-state index is 5.60. The first-order chi connectivity index (χ1) is 9.81. The van der Waals surface area contributed by atoms with E-state index < -0.39 is 0 Å². The second kappa shape index (κ2) is 4.03. The van der Waals surface area contributed by atoms with E-state index in [4.69, 9.17) is 5.73 Å². The molecule has 0 spiro atoms. The van der Waals surface area contributed by atoms with E-state index in [0.29, 0.717) is 0 Å². The minimum atomic E-state index is 0.272. The van der Waals surface area contributed by atoms with E-state index in [-0.39, 0.29) is 5.95 Å². The second-order valence-corrected chi connectivity index (χ2v) is 4.60. The van der Waals surface area contributed by atoms with Crippen molar-refractivity contribution in [3.05, 3.63) is 48.9 Å². The first kappa shape index (κ1) is 10.9. The summed E-state index contributed by atoms with van der Waals surface area (Å²) in [4.78, 5) is 15.7. The number of nitrogens with two attached hydrogens (primary N) is 1. The minimum absolute atomic E-state index is 0.272. The third-order valence-electron chi connectivity index (χ3n) is 3.36. The lowest BCUT2D eigenvalue weighted by Gasteiger charge is -2.02. The van der Waals surface area contributed by atoms with Gasteiger partial charge < -0.3 is 10.7 Å². The number of H-pyrrole nitrogens is 1. The van der Waals surface area contributed by atoms with Crippen molar-refractivity contribution < 1.29 is 0 Å². The van der Waals surface area contributed by atoms with E-state index >= 15 is 0 Å². The summed E-state index contributed by atoms with van der Waals surface area (Å²) < 4.78 is 0. The Bertz CT molecular complexity index is 926. The average molecular weight is 261 g/mol. The molecule has 0 radical (unpaired) electrons. The molecule has 96 valence electrons. The van der Waals surface area contributed by atoms with Gasteiger partial charge in [-0.1, -0.05) is 12.1 Å². The van der Waals surface area contributed by atoms with Crippen LogP contribution in [0.15, 0.2) is 48.9 Å². The second-order valence-electron chi connectivity index (χ2n) is 4.60. The molecule has 1 aromatic carbocycles. The van der Waals surface area contributed by atoms with Gasteiger partial charge in [-0.15, -0.1) is 0 Å². The lowest BCUT2D eigenvalue weighted by molar-refractivity contribution is 1.22. The largest absolute Gasteiger partial charge is 0.368 e. The van der Waals surface area contributed by atoms with Gasteiger partial charge in [0.2, 0.25) is 5.95 Å². The summed E-state index contributed by atoms with van der Waals surface area (Å²) in [6.45, 7) is 0. The van der Waals surface area contributed by atoms with Crippen molar-refractivity contribution in [3.8, 4) is 11.1 Å². The molecule has 0 unspecified atom stereocenters. The lowest BCUT2D eigenvalue weighted by atomic mass is 10.0. The highest BCUT2D eigenvalue weighted by atomic mass is 15.0. The highest BCUT2D eigenvalue weighted by molar-refractivity contribution is 5.96. The Morgan fingerprint density at radius 1 is 1.10 bits per heavy atom. The van der Waals surface area contributed by atoms with Crippen molar-refractivity contribution in [2.24, 2.45) is 0 Å². The molecule has 0 aliphatic carbocycles. The quantitative estimate of drug-likeness (QED) is 0.552. The van der Waals surface area contributed by atoms with Crippen LogP contribution in [-0.4, -0.2) is 19.9 Å². The zero-order chi connectivity index (χ0) is 13.5. The third-order valence-corrected chi connectivity index (χ3v) is 3.36. The minimum Gasteiger partial charge on any atom is -0.368 e. The molecule has 0 aliphatic rings. The Kier molecular flexibility index (Phi) is 2.20. The molecule has 3 aromatic heterocycles. The van der Waals surface area contributed by atoms with Crippen LogP contribution in [0.5, 0.6) is 0 Å². The van der Waals surface area contributed by atoms with Gasteiger partial charge in [0.05, 0.1) is 5.52 Å². The smallest absolute Gasteiger partial charge is 0.221 e. The molecular weight excluding hydrogens is 250 g/mol. The number of aromatic nitrogens is 4. The molecule has 20 heavy (non-hydrogen) atoms. The van der Waals surface area contributed by atoms with Crippen LogP contribution < -0.4 is 5.73 Å². The topological polar surface area (TPSA) is 80.5 Å². The number of fused-ring (bicyclic) bond motifs is 2. The summed E-state index contributed by atoms with van der Waals surface area (Å²) in [5, 5.41) is 2.07. The van der Waals surface area contributed by atoms with Crippen molar-refractivity contribution in [1.29, 1.82) is 0 Å². The molecule has 0 bridgehead atoms. The van der Waals surface area contributed by atoms with Crippen LogP contribution in [0.1, 0.15) is 0 Å². The fourth-order valence-corrected chi connectivity index (χ4v) is 2.40. The molecule has 4 rings (SSSR count). The van der Waals surface area contributed by atoms with Crippen LogP contribution in [-0.2, 0) is 0 Å². The Morgan fingerprint density at radius 3 is 3.00 bits per heavy atom. The number of nitrogens with zero attached hydrogens (tertiary/aromatic N) is 3. The Balaban J connectivity index is 1.96. The summed E-state index contributed by atoms with van der Waals surface area (Å²) in [5.41, 5.74) is 9.49. The Labute approximate surface area is 114 Å². The van der Waals surface area contributed by atoms with Crippen molar-refractivity contribution in [1.82, 2.24) is 19.9 Å². The molecule has 0 amide bonds. The van der Waals surface area contributed by atoms with Gasteiger partial charge in [-0.2, -0.15) is 4.98 Å². The molecule has 3 N–H and O–H groups in total. The summed E-state index contributed by atoms with van der Waals surface area (Å²) in [6, 6.07) is 10.2. The number of aromatic amines is 1. The summed E-state index contributed by atoms with van der Waals surface area (Å²) in [5.74, 6) is 0.272. The highest BCUT2D eigenvalue weighted by Crippen LogP contribution is 2.29. The number of benzene rings is 1. The number of hydrogen-bond donors (Lipinski definition) is 2. The van der Waals surface area contributed by atoms with Gasteiger partial charge in [0.25, 0.3) is 0 Å². The lowest BCUT2D eigenvalue weighted by Crippen LogP contribution is -1.93. The van der Waals surface area contributed by atoms with Crippen LogP contribution in [0.2, 0.25) is 0 Å². The van der Waals surface area contributed by atoms with E-state index in [0.717, 1.165) is 33.1 Å². The first-order valence-electron chi connectivity index (χ1n) is 6.26. The van der Waals surface area contributed by atoms with Crippen LogP contribution in [0.25, 0.3) is 33.1 Å². The van der Waals surface area contributed by atoms with Gasteiger partial charge in [-0.05, 0) is 23.8 Å². The summed E-state index contributed by atoms with van der Waals surface area (Å²) in [7, 11) is 0. The number of rotatable bonds is 1. The molecule has 5 nitrogen and oxygen atoms in total. The van der Waals surface area contributed by atoms with Gasteiger partial charge in [-0.3, -0.25) is 4.98 Å². The van der Waals surface area contributed by atoms with E-state index in [1.54, 1.807) is 12.4 Å². The van der Waals surface area contributed by atoms with E-state index in [2.05, 4.69) is 32.1 Å². The van der Waals surface area contributed by atoms with Crippen LogP contribution in [0, 0.1) is 0 Å². The molecule has 0 atom stereocenters. The molecule has 0 saturated heterocycles. The number of pyridine rings is 1. The monoisotopic (exact) mass is 261 g/mol. The standard InChI is InChI=1S/C15H11N5/c16-15-19-8-12-11(7-18-14(12)20-15)9-3-4-13-10(6-9)2-1-5-17-13/h1-8H,(H3,16,18,19,20). The zero-order valence-electron chi connectivity index (χ0n) is 10.5. The number of hydrogen-bond acceptors (Lipinski definition) is 4. The fraction of sp³-hybridized carbons (Fsp3) is 0. The maximum absolute atomic E-state index is 5.60.